The highest BCUT2D eigenvalue weighted by atomic mass is 32.2. The lowest BCUT2D eigenvalue weighted by Crippen LogP contribution is -2.40. The molecule has 1 unspecified atom stereocenters. The molecule has 0 aliphatic carbocycles. The number of carbonyl (C=O) groups is 4. The van der Waals surface area contributed by atoms with E-state index in [1.807, 2.05) is 16.7 Å². The largest absolute Gasteiger partial charge is 0.378 e. The molecule has 2 heterocycles. The van der Waals surface area contributed by atoms with Gasteiger partial charge in [0.2, 0.25) is 17.7 Å². The molecule has 2 rings (SSSR count). The molecule has 0 radical (unpaired) electrons. The Bertz CT molecular complexity index is 847. The van der Waals surface area contributed by atoms with Crippen LogP contribution in [0.2, 0.25) is 0 Å². The van der Waals surface area contributed by atoms with Gasteiger partial charge >= 0.3 is 6.03 Å². The summed E-state index contributed by atoms with van der Waals surface area (Å²) >= 11 is 1.89. The highest BCUT2D eigenvalue weighted by Gasteiger charge is 2.42. The summed E-state index contributed by atoms with van der Waals surface area (Å²) in [6.07, 6.45) is 8.99. The van der Waals surface area contributed by atoms with Crippen molar-refractivity contribution in [2.24, 2.45) is 0 Å². The number of aliphatic hydroxyl groups excluding tert-OH is 1. The number of thioether (sulfide) groups is 1. The number of rotatable bonds is 24. The summed E-state index contributed by atoms with van der Waals surface area (Å²) in [5.74, 6) is 0.618. The minimum atomic E-state index is -0.612. The first kappa shape index (κ1) is 35.6. The molecule has 2 saturated heterocycles. The van der Waals surface area contributed by atoms with Crippen LogP contribution < -0.4 is 31.9 Å². The Kier molecular flexibility index (Phi) is 17.9. The van der Waals surface area contributed by atoms with E-state index in [1.54, 1.807) is 0 Å². The summed E-state index contributed by atoms with van der Waals surface area (Å²) in [5.41, 5.74) is 0. The van der Waals surface area contributed by atoms with Crippen molar-refractivity contribution in [2.75, 3.05) is 51.6 Å². The first-order chi connectivity index (χ1) is 20.3. The minimum absolute atomic E-state index is 0.0457. The van der Waals surface area contributed by atoms with E-state index < -0.39 is 6.23 Å². The third-order valence-corrected chi connectivity index (χ3v) is 8.93. The van der Waals surface area contributed by atoms with Gasteiger partial charge < -0.3 is 37.0 Å². The Morgan fingerprint density at radius 1 is 0.905 bits per heavy atom. The van der Waals surface area contributed by atoms with Crippen molar-refractivity contribution in [3.63, 3.8) is 0 Å². The van der Waals surface area contributed by atoms with E-state index >= 15 is 0 Å². The fraction of sp³-hybridized carbons (Fsp3) is 0.724. The second-order valence-electron chi connectivity index (χ2n) is 10.7. The molecular weight excluding hydrogens is 558 g/mol. The van der Waals surface area contributed by atoms with Gasteiger partial charge in [0.25, 0.3) is 0 Å². The minimum Gasteiger partial charge on any atom is -0.378 e. The molecule has 0 bridgehead atoms. The van der Waals surface area contributed by atoms with Crippen molar-refractivity contribution in [1.82, 2.24) is 36.8 Å². The number of hydrogen-bond acceptors (Lipinski definition) is 8. The first-order valence-corrected chi connectivity index (χ1v) is 16.3. The molecule has 238 valence electrons. The highest BCUT2D eigenvalue weighted by molar-refractivity contribution is 8.00. The lowest BCUT2D eigenvalue weighted by atomic mass is 10.0. The predicted octanol–water partition coefficient (Wildman–Crippen LogP) is 0.593. The maximum absolute atomic E-state index is 12.2. The van der Waals surface area contributed by atoms with Crippen LogP contribution in [0.25, 0.3) is 0 Å². The topological polar surface area (TPSA) is 164 Å². The smallest absolute Gasteiger partial charge is 0.315 e. The van der Waals surface area contributed by atoms with Crippen molar-refractivity contribution in [2.45, 2.75) is 81.3 Å². The summed E-state index contributed by atoms with van der Waals surface area (Å²) in [6.45, 7) is 11.2. The second-order valence-corrected chi connectivity index (χ2v) is 11.9. The van der Waals surface area contributed by atoms with Crippen LogP contribution in [0.3, 0.4) is 0 Å². The quantitative estimate of drug-likeness (QED) is 0.0362. The third-order valence-electron chi connectivity index (χ3n) is 7.42. The van der Waals surface area contributed by atoms with Gasteiger partial charge in [0.05, 0.1) is 12.1 Å². The lowest BCUT2D eigenvalue weighted by Gasteiger charge is -2.28. The number of amides is 5. The highest BCUT2D eigenvalue weighted by Crippen LogP contribution is 2.33. The molecular formula is C29H51N7O5S. The van der Waals surface area contributed by atoms with Crippen molar-refractivity contribution >= 4 is 35.5 Å². The van der Waals surface area contributed by atoms with Crippen molar-refractivity contribution in [1.29, 1.82) is 0 Å². The Balaban J connectivity index is 1.54. The molecule has 7 N–H and O–H groups in total. The van der Waals surface area contributed by atoms with Gasteiger partial charge in [-0.15, -0.1) is 0 Å². The Morgan fingerprint density at radius 3 is 2.21 bits per heavy atom. The lowest BCUT2D eigenvalue weighted by molar-refractivity contribution is -0.121. The summed E-state index contributed by atoms with van der Waals surface area (Å²) in [7, 11) is 0. The number of urea groups is 1. The number of unbranched alkanes of at least 4 members (excludes halogenated alkanes) is 3. The van der Waals surface area contributed by atoms with E-state index in [4.69, 9.17) is 0 Å². The number of nitrogens with one attached hydrogen (secondary N) is 6. The molecule has 0 aromatic heterocycles. The van der Waals surface area contributed by atoms with Crippen molar-refractivity contribution in [3.05, 3.63) is 25.3 Å². The molecule has 12 nitrogen and oxygen atoms in total. The summed E-state index contributed by atoms with van der Waals surface area (Å²) in [6, 6.07) is 0.376. The fourth-order valence-corrected chi connectivity index (χ4v) is 6.59. The molecule has 2 aliphatic rings. The van der Waals surface area contributed by atoms with Crippen LogP contribution in [-0.4, -0.2) is 109 Å². The SMILES string of the molecule is C=CC(=O)NCCCCN(CCCCNC(=O)C=C)C(O)CCNCCNC(=O)CCCC[C@H]1SC[C@H]2NC(=O)N[C@H]21. The third kappa shape index (κ3) is 14.5. The number of carbonyl (C=O) groups excluding carboxylic acids is 4. The van der Waals surface area contributed by atoms with Crippen LogP contribution in [-0.2, 0) is 14.4 Å². The molecule has 5 amide bonds. The average Bonchev–Trinajstić information content (AvgIpc) is 3.54. The average molecular weight is 610 g/mol. The van der Waals surface area contributed by atoms with E-state index in [-0.39, 0.29) is 35.8 Å². The zero-order valence-corrected chi connectivity index (χ0v) is 25.7. The molecule has 4 atom stereocenters. The standard InChI is InChI=1S/C29H51N7O5S/c1-3-24(37)31-14-7-9-19-36(20-10-8-15-32-25(38)4-2)27(40)13-16-30-17-18-33-26(39)12-6-5-11-23-28-22(21-42-23)34-29(41)35-28/h3-4,22-23,27-28,30,40H,1-2,5-21H2,(H,31,37)(H,32,38)(H,33,39)(H2,34,35,41)/t22-,23-,27?,28-/m1/s1. The van der Waals surface area contributed by atoms with Gasteiger partial charge in [0.1, 0.15) is 6.23 Å². The molecule has 0 aromatic rings. The maximum atomic E-state index is 12.2. The van der Waals surface area contributed by atoms with Crippen molar-refractivity contribution in [3.8, 4) is 0 Å². The molecule has 0 aromatic carbocycles. The molecule has 2 fully saturated rings. The van der Waals surface area contributed by atoms with Crippen LogP contribution in [0, 0.1) is 0 Å². The van der Waals surface area contributed by atoms with Gasteiger partial charge in [-0.25, -0.2) is 4.79 Å². The molecule has 2 aliphatic heterocycles. The molecule has 42 heavy (non-hydrogen) atoms. The van der Waals surface area contributed by atoms with Crippen LogP contribution in [0.1, 0.15) is 57.8 Å². The molecule has 13 heteroatoms. The van der Waals surface area contributed by atoms with Gasteiger partial charge in [-0.05, 0) is 63.6 Å². The van der Waals surface area contributed by atoms with E-state index in [9.17, 15) is 24.3 Å². The fourth-order valence-electron chi connectivity index (χ4n) is 5.05. The second kappa shape index (κ2) is 21.1. The number of fused-ring (bicyclic) bond motifs is 1. The van der Waals surface area contributed by atoms with Crippen molar-refractivity contribution < 1.29 is 24.3 Å². The van der Waals surface area contributed by atoms with Crippen LogP contribution in [0.4, 0.5) is 4.79 Å². The van der Waals surface area contributed by atoms with E-state index in [1.165, 1.54) is 12.2 Å². The van der Waals surface area contributed by atoms with Crippen LogP contribution in [0.15, 0.2) is 25.3 Å². The Labute approximate surface area is 254 Å². The maximum Gasteiger partial charge on any atom is 0.315 e. The zero-order valence-electron chi connectivity index (χ0n) is 24.8. The van der Waals surface area contributed by atoms with Gasteiger partial charge in [0, 0.05) is 56.7 Å². The van der Waals surface area contributed by atoms with E-state index in [2.05, 4.69) is 45.1 Å². The molecule has 0 spiro atoms. The van der Waals surface area contributed by atoms with Gasteiger partial charge in [-0.1, -0.05) is 19.6 Å². The Morgan fingerprint density at radius 2 is 1.57 bits per heavy atom. The van der Waals surface area contributed by atoms with Crippen LogP contribution in [0.5, 0.6) is 0 Å². The van der Waals surface area contributed by atoms with Gasteiger partial charge in [-0.3, -0.25) is 19.3 Å². The van der Waals surface area contributed by atoms with E-state index in [0.29, 0.717) is 63.9 Å². The van der Waals surface area contributed by atoms with Gasteiger partial charge in [0.15, 0.2) is 0 Å². The summed E-state index contributed by atoms with van der Waals surface area (Å²) < 4.78 is 0. The molecule has 0 saturated carbocycles. The number of nitrogens with zero attached hydrogens (tertiary/aromatic N) is 1. The predicted molar refractivity (Wildman–Crippen MR) is 167 cm³/mol. The van der Waals surface area contributed by atoms with Gasteiger partial charge in [-0.2, -0.15) is 11.8 Å². The normalized spacial score (nSPS) is 19.9. The van der Waals surface area contributed by atoms with E-state index in [0.717, 1.165) is 50.7 Å². The summed E-state index contributed by atoms with van der Waals surface area (Å²) in [4.78, 5) is 48.3. The van der Waals surface area contributed by atoms with Crippen LogP contribution >= 0.6 is 11.8 Å². The monoisotopic (exact) mass is 609 g/mol. The number of hydrogen-bond donors (Lipinski definition) is 7. The number of aliphatic hydroxyl groups is 1. The Hall–Kier alpha value is -2.61. The first-order valence-electron chi connectivity index (χ1n) is 15.2. The zero-order chi connectivity index (χ0) is 30.6. The summed E-state index contributed by atoms with van der Waals surface area (Å²) in [5, 5.41) is 29.0.